The molecule has 0 aromatic rings. The van der Waals surface area contributed by atoms with Gasteiger partial charge in [0.15, 0.2) is 37.7 Å². The Bertz CT molecular complexity index is 1110. The first-order valence-electron chi connectivity index (χ1n) is 19.4. The minimum atomic E-state index is -1.06. The second-order valence-corrected chi connectivity index (χ2v) is 15.7. The van der Waals surface area contributed by atoms with E-state index in [4.69, 9.17) is 52.1 Å². The van der Waals surface area contributed by atoms with Crippen molar-refractivity contribution in [3.8, 4) is 0 Å². The average molecular weight is 767 g/mol. The Morgan fingerprint density at radius 1 is 0.358 bits per heavy atom. The van der Waals surface area contributed by atoms with Crippen LogP contribution < -0.4 is 0 Å². The quantitative estimate of drug-likeness (QED) is 0.176. The summed E-state index contributed by atoms with van der Waals surface area (Å²) in [6.07, 6.45) is -12.1. The normalized spacial score (nSPS) is 53.0. The van der Waals surface area contributed by atoms with Gasteiger partial charge in [0.05, 0.1) is 73.2 Å². The van der Waals surface area contributed by atoms with Gasteiger partial charge in [-0.1, -0.05) is 0 Å². The van der Waals surface area contributed by atoms with Gasteiger partial charge in [0.1, 0.15) is 24.4 Å². The summed E-state index contributed by atoms with van der Waals surface area (Å²) < 4.78 is 66.3. The summed E-state index contributed by atoms with van der Waals surface area (Å²) in [6, 6.07) is 0. The van der Waals surface area contributed by atoms with E-state index in [1.807, 2.05) is 6.92 Å². The van der Waals surface area contributed by atoms with Crippen molar-refractivity contribution in [2.45, 2.75) is 228 Å². The number of ether oxygens (including phenoxy) is 11. The molecular formula is C36H62O17. The molecule has 6 aliphatic heterocycles. The van der Waals surface area contributed by atoms with Crippen molar-refractivity contribution in [2.24, 2.45) is 0 Å². The van der Waals surface area contributed by atoms with Crippen LogP contribution >= 0.6 is 0 Å². The number of aliphatic hydroxyl groups excluding tert-OH is 6. The van der Waals surface area contributed by atoms with Crippen LogP contribution in [0.15, 0.2) is 0 Å². The Morgan fingerprint density at radius 2 is 0.792 bits per heavy atom. The van der Waals surface area contributed by atoms with Crippen molar-refractivity contribution in [3.63, 3.8) is 0 Å². The standard InChI is InChI=1S/C36H62O17/c1-15-21(37)7-9-28(44-15)50-25-13-32(47-17(3)33(25)41)53-36-20(6)48-30(12-23(36)39)49-24-8-10-29(45-16(24)2)51-26-14-31(46-18(4)34(26)42)52-35-19(5)43-27(40)11-22(35)38/h15-42H,7-14H2,1-6H3/t15-,16-,17+,18+,19+,20+,21-,22+,23+,24-,25-,26+,27+,28-,29-,30-,31-,32-,33-,34+,35+,36+/m0/s1. The molecule has 308 valence electrons. The fourth-order valence-corrected chi connectivity index (χ4v) is 8.19. The molecule has 0 aliphatic carbocycles. The maximum atomic E-state index is 11.2. The lowest BCUT2D eigenvalue weighted by molar-refractivity contribution is -0.341. The van der Waals surface area contributed by atoms with E-state index in [-0.39, 0.29) is 44.0 Å². The molecule has 6 heterocycles. The van der Waals surface area contributed by atoms with Gasteiger partial charge in [-0.25, -0.2) is 0 Å². The van der Waals surface area contributed by atoms with Crippen molar-refractivity contribution >= 4 is 0 Å². The average Bonchev–Trinajstić information content (AvgIpc) is 3.08. The molecule has 0 spiro atoms. The van der Waals surface area contributed by atoms with Gasteiger partial charge in [-0.3, -0.25) is 0 Å². The van der Waals surface area contributed by atoms with Crippen molar-refractivity contribution in [1.82, 2.24) is 0 Å². The monoisotopic (exact) mass is 766 g/mol. The van der Waals surface area contributed by atoms with Crippen molar-refractivity contribution in [1.29, 1.82) is 0 Å². The minimum absolute atomic E-state index is 0.0239. The van der Waals surface area contributed by atoms with E-state index < -0.39 is 117 Å². The SMILES string of the molecule is C[C@@H]1O[C@@H](O[C@@H]2C[C@H](O[C@H]3[C@H](O)C[C@H](O)O[C@@H]3C)O[C@H](C)[C@H]2O)CC[C@@H]1O[C@H]1C[C@@H](O)[C@H](O[C@H]2C[C@H](O[C@H]3CC[C@H](O)[C@H](C)O3)[C@@H](O)[C@@H](C)O2)[C@@H](C)O1. The summed E-state index contributed by atoms with van der Waals surface area (Å²) in [7, 11) is 0. The highest BCUT2D eigenvalue weighted by atomic mass is 16.8. The fraction of sp³-hybridized carbons (Fsp3) is 1.00. The van der Waals surface area contributed by atoms with E-state index in [0.717, 1.165) is 0 Å². The Labute approximate surface area is 310 Å². The predicted molar refractivity (Wildman–Crippen MR) is 180 cm³/mol. The number of hydrogen-bond acceptors (Lipinski definition) is 17. The third kappa shape index (κ3) is 10.4. The Balaban J connectivity index is 0.949. The lowest BCUT2D eigenvalue weighted by Crippen LogP contribution is -2.56. The zero-order valence-corrected chi connectivity index (χ0v) is 31.5. The zero-order valence-electron chi connectivity index (χ0n) is 31.5. The largest absolute Gasteiger partial charge is 0.390 e. The lowest BCUT2D eigenvalue weighted by atomic mass is 9.99. The van der Waals surface area contributed by atoms with Crippen LogP contribution in [0.1, 0.15) is 92.9 Å². The number of aliphatic hydroxyl groups is 6. The summed E-state index contributed by atoms with van der Waals surface area (Å²) in [5.41, 5.74) is 0. The Hall–Kier alpha value is -0.680. The highest BCUT2D eigenvalue weighted by Gasteiger charge is 2.46. The summed E-state index contributed by atoms with van der Waals surface area (Å²) in [5, 5.41) is 63.1. The maximum absolute atomic E-state index is 11.2. The van der Waals surface area contributed by atoms with Crippen LogP contribution in [0.4, 0.5) is 0 Å². The van der Waals surface area contributed by atoms with Crippen LogP contribution in [0.2, 0.25) is 0 Å². The van der Waals surface area contributed by atoms with Crippen molar-refractivity contribution in [2.75, 3.05) is 0 Å². The lowest BCUT2D eigenvalue weighted by Gasteiger charge is -2.45. The molecule has 0 amide bonds. The second-order valence-electron chi connectivity index (χ2n) is 15.7. The first kappa shape index (κ1) is 41.9. The number of hydrogen-bond donors (Lipinski definition) is 6. The minimum Gasteiger partial charge on any atom is -0.390 e. The topological polar surface area (TPSA) is 223 Å². The molecule has 0 aromatic carbocycles. The van der Waals surface area contributed by atoms with Gasteiger partial charge in [-0.15, -0.1) is 0 Å². The van der Waals surface area contributed by atoms with E-state index in [0.29, 0.717) is 25.7 Å². The van der Waals surface area contributed by atoms with Crippen LogP contribution in [-0.2, 0) is 52.1 Å². The smallest absolute Gasteiger partial charge is 0.161 e. The van der Waals surface area contributed by atoms with Gasteiger partial charge >= 0.3 is 0 Å². The second kappa shape index (κ2) is 18.3. The summed E-state index contributed by atoms with van der Waals surface area (Å²) in [4.78, 5) is 0. The Kier molecular flexibility index (Phi) is 14.5. The van der Waals surface area contributed by atoms with Gasteiger partial charge < -0.3 is 82.7 Å². The molecule has 53 heavy (non-hydrogen) atoms. The van der Waals surface area contributed by atoms with Gasteiger partial charge in [0.25, 0.3) is 0 Å². The van der Waals surface area contributed by atoms with Gasteiger partial charge in [0.2, 0.25) is 0 Å². The van der Waals surface area contributed by atoms with Crippen LogP contribution in [-0.4, -0.2) is 166 Å². The molecule has 17 heteroatoms. The molecule has 6 aliphatic rings. The fourth-order valence-electron chi connectivity index (χ4n) is 8.19. The molecule has 6 rings (SSSR count). The summed E-state index contributed by atoms with van der Waals surface area (Å²) in [6.45, 7) is 10.6. The van der Waals surface area contributed by atoms with E-state index in [9.17, 15) is 30.6 Å². The summed E-state index contributed by atoms with van der Waals surface area (Å²) in [5.74, 6) is 0. The van der Waals surface area contributed by atoms with Gasteiger partial charge in [0, 0.05) is 38.5 Å². The van der Waals surface area contributed by atoms with Crippen LogP contribution in [0.3, 0.4) is 0 Å². The molecule has 0 saturated carbocycles. The van der Waals surface area contributed by atoms with Gasteiger partial charge in [-0.05, 0) is 54.4 Å². The molecule has 17 nitrogen and oxygen atoms in total. The van der Waals surface area contributed by atoms with Gasteiger partial charge in [-0.2, -0.15) is 0 Å². The van der Waals surface area contributed by atoms with E-state index in [1.54, 1.807) is 34.6 Å². The third-order valence-electron chi connectivity index (χ3n) is 11.4. The van der Waals surface area contributed by atoms with Crippen LogP contribution in [0.25, 0.3) is 0 Å². The predicted octanol–water partition coefficient (Wildman–Crippen LogP) is 0.299. The zero-order chi connectivity index (χ0) is 38.1. The first-order chi connectivity index (χ1) is 25.1. The first-order valence-corrected chi connectivity index (χ1v) is 19.4. The molecule has 0 radical (unpaired) electrons. The van der Waals surface area contributed by atoms with E-state index in [2.05, 4.69) is 0 Å². The molecular weight excluding hydrogens is 704 g/mol. The molecule has 22 atom stereocenters. The molecule has 6 fully saturated rings. The van der Waals surface area contributed by atoms with Crippen LogP contribution in [0.5, 0.6) is 0 Å². The van der Waals surface area contributed by atoms with E-state index >= 15 is 0 Å². The molecule has 6 saturated heterocycles. The number of rotatable bonds is 10. The molecule has 0 aromatic heterocycles. The highest BCUT2D eigenvalue weighted by Crippen LogP contribution is 2.35. The van der Waals surface area contributed by atoms with Crippen molar-refractivity contribution < 1.29 is 82.7 Å². The van der Waals surface area contributed by atoms with E-state index in [1.165, 1.54) is 0 Å². The molecule has 6 N–H and O–H groups in total. The maximum Gasteiger partial charge on any atom is 0.161 e. The highest BCUT2D eigenvalue weighted by molar-refractivity contribution is 4.89. The van der Waals surface area contributed by atoms with Crippen molar-refractivity contribution in [3.05, 3.63) is 0 Å². The Morgan fingerprint density at radius 3 is 1.30 bits per heavy atom. The molecule has 0 unspecified atom stereocenters. The summed E-state index contributed by atoms with van der Waals surface area (Å²) >= 11 is 0. The van der Waals surface area contributed by atoms with Crippen LogP contribution in [0, 0.1) is 0 Å². The third-order valence-corrected chi connectivity index (χ3v) is 11.4. The molecule has 0 bridgehead atoms.